The summed E-state index contributed by atoms with van der Waals surface area (Å²) in [4.78, 5) is 24.3. The summed E-state index contributed by atoms with van der Waals surface area (Å²) in [5.41, 5.74) is 5.53. The summed E-state index contributed by atoms with van der Waals surface area (Å²) in [6, 6.07) is 15.0. The number of nitrogens with zero attached hydrogens (tertiary/aromatic N) is 1. The second-order valence-electron chi connectivity index (χ2n) is 6.99. The average Bonchev–Trinajstić information content (AvgIpc) is 2.98. The molecule has 1 aromatic heterocycles. The highest BCUT2D eigenvalue weighted by atomic mass is 16.5. The maximum absolute atomic E-state index is 12.9. The number of aromatic nitrogens is 1. The predicted octanol–water partition coefficient (Wildman–Crippen LogP) is 4.62. The number of ether oxygens (including phenoxy) is 1. The number of rotatable bonds is 5. The van der Waals surface area contributed by atoms with Crippen LogP contribution in [0.3, 0.4) is 0 Å². The third-order valence-electron chi connectivity index (χ3n) is 4.79. The molecule has 3 rings (SSSR count). The highest BCUT2D eigenvalue weighted by Crippen LogP contribution is 2.25. The minimum atomic E-state index is -0.204. The van der Waals surface area contributed by atoms with Crippen molar-refractivity contribution in [2.24, 2.45) is 0 Å². The highest BCUT2D eigenvalue weighted by Gasteiger charge is 2.17. The van der Waals surface area contributed by atoms with Gasteiger partial charge in [-0.1, -0.05) is 12.1 Å². The van der Waals surface area contributed by atoms with Crippen LogP contribution in [0.1, 0.15) is 34.2 Å². The van der Waals surface area contributed by atoms with Crippen molar-refractivity contribution in [2.75, 3.05) is 17.7 Å². The van der Waals surface area contributed by atoms with E-state index in [1.165, 1.54) is 6.92 Å². The fraction of sp³-hybridized carbons (Fsp3) is 0.217. The summed E-state index contributed by atoms with van der Waals surface area (Å²) >= 11 is 0. The first-order chi connectivity index (χ1) is 13.8. The molecule has 0 fully saturated rings. The normalized spacial score (nSPS) is 10.5. The maximum atomic E-state index is 12.9. The van der Waals surface area contributed by atoms with Crippen molar-refractivity contribution in [3.63, 3.8) is 0 Å². The first kappa shape index (κ1) is 20.2. The summed E-state index contributed by atoms with van der Waals surface area (Å²) in [6.45, 7) is 7.24. The minimum absolute atomic E-state index is 0.154. The molecule has 0 bridgehead atoms. The summed E-state index contributed by atoms with van der Waals surface area (Å²) in [7, 11) is 1.63. The van der Waals surface area contributed by atoms with E-state index in [0.29, 0.717) is 16.9 Å². The lowest BCUT2D eigenvalue weighted by Crippen LogP contribution is -2.14. The van der Waals surface area contributed by atoms with Crippen LogP contribution < -0.4 is 15.4 Å². The number of amides is 2. The van der Waals surface area contributed by atoms with Gasteiger partial charge in [0, 0.05) is 41.4 Å². The Labute approximate surface area is 170 Å². The molecule has 0 atom stereocenters. The lowest BCUT2D eigenvalue weighted by molar-refractivity contribution is -0.114. The van der Waals surface area contributed by atoms with Crippen LogP contribution in [-0.2, 0) is 4.79 Å². The highest BCUT2D eigenvalue weighted by molar-refractivity contribution is 6.06. The molecule has 0 spiro atoms. The van der Waals surface area contributed by atoms with Crippen molar-refractivity contribution in [3.05, 3.63) is 71.0 Å². The number of aryl methyl sites for hydroxylation is 2. The zero-order valence-corrected chi connectivity index (χ0v) is 17.3. The number of benzene rings is 2. The number of nitrogens with one attached hydrogen (secondary N) is 2. The summed E-state index contributed by atoms with van der Waals surface area (Å²) in [6.07, 6.45) is 0. The van der Waals surface area contributed by atoms with E-state index in [0.717, 1.165) is 28.4 Å². The van der Waals surface area contributed by atoms with Gasteiger partial charge in [0.1, 0.15) is 5.75 Å². The van der Waals surface area contributed by atoms with Crippen LogP contribution >= 0.6 is 0 Å². The van der Waals surface area contributed by atoms with Crippen LogP contribution in [0.25, 0.3) is 5.69 Å². The quantitative estimate of drug-likeness (QED) is 0.666. The van der Waals surface area contributed by atoms with Gasteiger partial charge in [0.05, 0.1) is 12.7 Å². The molecule has 0 aliphatic heterocycles. The third kappa shape index (κ3) is 4.32. The van der Waals surface area contributed by atoms with Gasteiger partial charge in [0.2, 0.25) is 5.91 Å². The van der Waals surface area contributed by atoms with E-state index in [4.69, 9.17) is 4.74 Å². The number of anilines is 2. The Bertz CT molecular complexity index is 1080. The lowest BCUT2D eigenvalue weighted by Gasteiger charge is -2.12. The molecule has 3 aromatic rings. The molecule has 6 heteroatoms. The Morgan fingerprint density at radius 3 is 2.41 bits per heavy atom. The molecule has 2 amide bonds. The van der Waals surface area contributed by atoms with Crippen LogP contribution in [0.5, 0.6) is 5.75 Å². The minimum Gasteiger partial charge on any atom is -0.497 e. The molecule has 0 aliphatic rings. The van der Waals surface area contributed by atoms with E-state index in [9.17, 15) is 9.59 Å². The van der Waals surface area contributed by atoms with Crippen LogP contribution in [-0.4, -0.2) is 23.5 Å². The van der Waals surface area contributed by atoms with Crippen molar-refractivity contribution in [1.29, 1.82) is 0 Å². The van der Waals surface area contributed by atoms with E-state index < -0.39 is 0 Å². The van der Waals surface area contributed by atoms with Gasteiger partial charge in [-0.15, -0.1) is 0 Å². The molecule has 2 N–H and O–H groups in total. The van der Waals surface area contributed by atoms with Gasteiger partial charge in [0.25, 0.3) is 5.91 Å². The van der Waals surface area contributed by atoms with Gasteiger partial charge in [0.15, 0.2) is 0 Å². The van der Waals surface area contributed by atoms with E-state index in [1.807, 2.05) is 67.8 Å². The van der Waals surface area contributed by atoms with Gasteiger partial charge < -0.3 is 19.9 Å². The van der Waals surface area contributed by atoms with Gasteiger partial charge >= 0.3 is 0 Å². The van der Waals surface area contributed by atoms with Gasteiger partial charge in [-0.05, 0) is 56.7 Å². The Morgan fingerprint density at radius 1 is 0.966 bits per heavy atom. The lowest BCUT2D eigenvalue weighted by atomic mass is 10.1. The molecule has 6 nitrogen and oxygen atoms in total. The number of hydrogen-bond acceptors (Lipinski definition) is 3. The van der Waals surface area contributed by atoms with Crippen molar-refractivity contribution in [3.8, 4) is 11.4 Å². The molecule has 0 saturated carbocycles. The Kier molecular flexibility index (Phi) is 5.73. The predicted molar refractivity (Wildman–Crippen MR) is 115 cm³/mol. The zero-order chi connectivity index (χ0) is 21.1. The smallest absolute Gasteiger partial charge is 0.257 e. The first-order valence-electron chi connectivity index (χ1n) is 9.33. The van der Waals surface area contributed by atoms with Crippen LogP contribution in [0.15, 0.2) is 48.5 Å². The SMILES string of the molecule is COc1cccc(-n2c(C)cc(C(=O)Nc3ccc(C)c(NC(C)=O)c3)c2C)c1. The number of carbonyl (C=O) groups is 2. The van der Waals surface area contributed by atoms with E-state index in [2.05, 4.69) is 10.6 Å². The Balaban J connectivity index is 1.90. The Morgan fingerprint density at radius 2 is 1.72 bits per heavy atom. The summed E-state index contributed by atoms with van der Waals surface area (Å²) < 4.78 is 7.34. The molecule has 1 heterocycles. The second-order valence-corrected chi connectivity index (χ2v) is 6.99. The van der Waals surface area contributed by atoms with Crippen molar-refractivity contribution < 1.29 is 14.3 Å². The molecule has 0 aliphatic carbocycles. The van der Waals surface area contributed by atoms with E-state index >= 15 is 0 Å². The summed E-state index contributed by atoms with van der Waals surface area (Å²) in [5, 5.41) is 5.70. The van der Waals surface area contributed by atoms with Crippen molar-refractivity contribution >= 4 is 23.2 Å². The average molecular weight is 391 g/mol. The fourth-order valence-electron chi connectivity index (χ4n) is 3.36. The molecular weight excluding hydrogens is 366 g/mol. The van der Waals surface area contributed by atoms with E-state index in [-0.39, 0.29) is 11.8 Å². The number of hydrogen-bond donors (Lipinski definition) is 2. The molecule has 0 saturated heterocycles. The molecular formula is C23H25N3O3. The first-order valence-corrected chi connectivity index (χ1v) is 9.33. The second kappa shape index (κ2) is 8.22. The van der Waals surface area contributed by atoms with Crippen LogP contribution in [0.4, 0.5) is 11.4 Å². The van der Waals surface area contributed by atoms with Crippen LogP contribution in [0.2, 0.25) is 0 Å². The Hall–Kier alpha value is -3.54. The monoisotopic (exact) mass is 391 g/mol. The van der Waals surface area contributed by atoms with Crippen molar-refractivity contribution in [1.82, 2.24) is 4.57 Å². The zero-order valence-electron chi connectivity index (χ0n) is 17.3. The number of methoxy groups -OCH3 is 1. The third-order valence-corrected chi connectivity index (χ3v) is 4.79. The molecule has 150 valence electrons. The van der Waals surface area contributed by atoms with Gasteiger partial charge in [-0.25, -0.2) is 0 Å². The standard InChI is InChI=1S/C23H25N3O3/c1-14-9-10-18(12-22(14)24-17(4)27)25-23(28)21-11-15(2)26(16(21)3)19-7-6-8-20(13-19)29-5/h6-13H,1-5H3,(H,24,27)(H,25,28). The molecule has 0 unspecified atom stereocenters. The van der Waals surface area contributed by atoms with Crippen molar-refractivity contribution in [2.45, 2.75) is 27.7 Å². The van der Waals surface area contributed by atoms with Gasteiger partial charge in [-0.3, -0.25) is 9.59 Å². The largest absolute Gasteiger partial charge is 0.497 e. The van der Waals surface area contributed by atoms with Crippen LogP contribution in [0, 0.1) is 20.8 Å². The molecule has 0 radical (unpaired) electrons. The fourth-order valence-corrected chi connectivity index (χ4v) is 3.36. The topological polar surface area (TPSA) is 72.4 Å². The van der Waals surface area contributed by atoms with Gasteiger partial charge in [-0.2, -0.15) is 0 Å². The maximum Gasteiger partial charge on any atom is 0.257 e. The molecule has 29 heavy (non-hydrogen) atoms. The van der Waals surface area contributed by atoms with E-state index in [1.54, 1.807) is 13.2 Å². The molecule has 2 aromatic carbocycles. The summed E-state index contributed by atoms with van der Waals surface area (Å²) in [5.74, 6) is 0.398. The number of carbonyl (C=O) groups excluding carboxylic acids is 2.